The minimum Gasteiger partial charge on any atom is -0.336 e. The molecule has 0 aromatic rings. The third-order valence-corrected chi connectivity index (χ3v) is 2.45. The second-order valence-electron chi connectivity index (χ2n) is 4.39. The van der Waals surface area contributed by atoms with Gasteiger partial charge in [-0.3, -0.25) is 0 Å². The maximum absolute atomic E-state index is 11.3. The van der Waals surface area contributed by atoms with Crippen LogP contribution >= 0.6 is 0 Å². The van der Waals surface area contributed by atoms with Gasteiger partial charge in [0.05, 0.1) is 0 Å². The van der Waals surface area contributed by atoms with E-state index in [9.17, 15) is 4.79 Å². The van der Waals surface area contributed by atoms with E-state index in [1.165, 1.54) is 6.42 Å². The van der Waals surface area contributed by atoms with Gasteiger partial charge in [0.25, 0.3) is 0 Å². The Kier molecular flexibility index (Phi) is 3.58. The number of amides is 2. The van der Waals surface area contributed by atoms with E-state index in [1.807, 2.05) is 13.8 Å². The third kappa shape index (κ3) is 3.66. The van der Waals surface area contributed by atoms with Crippen LogP contribution < -0.4 is 10.6 Å². The summed E-state index contributed by atoms with van der Waals surface area (Å²) in [4.78, 5) is 11.3. The van der Waals surface area contributed by atoms with Gasteiger partial charge in [0.15, 0.2) is 0 Å². The molecular formula is C10H20N2O. The van der Waals surface area contributed by atoms with Crippen molar-refractivity contribution in [3.63, 3.8) is 0 Å². The monoisotopic (exact) mass is 184 g/mol. The molecule has 1 fully saturated rings. The van der Waals surface area contributed by atoms with Gasteiger partial charge in [-0.15, -0.1) is 0 Å². The zero-order chi connectivity index (χ0) is 9.84. The summed E-state index contributed by atoms with van der Waals surface area (Å²) in [5.41, 5.74) is 0. The molecule has 0 aromatic carbocycles. The summed E-state index contributed by atoms with van der Waals surface area (Å²) in [5.74, 6) is 0.768. The van der Waals surface area contributed by atoms with Crippen LogP contribution in [0.25, 0.3) is 0 Å². The van der Waals surface area contributed by atoms with Crippen molar-refractivity contribution in [2.45, 2.75) is 52.1 Å². The summed E-state index contributed by atoms with van der Waals surface area (Å²) in [5, 5.41) is 5.82. The summed E-state index contributed by atoms with van der Waals surface area (Å²) in [6, 6.07) is 0.599. The van der Waals surface area contributed by atoms with Gasteiger partial charge in [0.2, 0.25) is 0 Å². The fraction of sp³-hybridized carbons (Fsp3) is 0.900. The van der Waals surface area contributed by atoms with E-state index in [-0.39, 0.29) is 12.1 Å². The van der Waals surface area contributed by atoms with Crippen LogP contribution in [0.5, 0.6) is 0 Å². The first-order valence-electron chi connectivity index (χ1n) is 5.15. The molecule has 1 saturated carbocycles. The Balaban J connectivity index is 2.21. The smallest absolute Gasteiger partial charge is 0.315 e. The fourth-order valence-corrected chi connectivity index (χ4v) is 1.83. The van der Waals surface area contributed by atoms with Crippen LogP contribution in [-0.2, 0) is 0 Å². The number of rotatable bonds is 2. The highest BCUT2D eigenvalue weighted by atomic mass is 16.2. The molecule has 0 aromatic heterocycles. The highest BCUT2D eigenvalue weighted by molar-refractivity contribution is 5.74. The zero-order valence-corrected chi connectivity index (χ0v) is 8.76. The quantitative estimate of drug-likeness (QED) is 0.676. The van der Waals surface area contributed by atoms with Crippen molar-refractivity contribution >= 4 is 6.03 Å². The van der Waals surface area contributed by atoms with Gasteiger partial charge >= 0.3 is 6.03 Å². The van der Waals surface area contributed by atoms with Crippen molar-refractivity contribution in [1.82, 2.24) is 10.6 Å². The lowest BCUT2D eigenvalue weighted by molar-refractivity contribution is 0.234. The van der Waals surface area contributed by atoms with E-state index in [0.29, 0.717) is 6.04 Å². The lowest BCUT2D eigenvalue weighted by atomic mass is 10.1. The number of urea groups is 1. The average Bonchev–Trinajstić information content (AvgIpc) is 2.33. The van der Waals surface area contributed by atoms with Crippen LogP contribution in [0.3, 0.4) is 0 Å². The summed E-state index contributed by atoms with van der Waals surface area (Å²) in [7, 11) is 0. The maximum Gasteiger partial charge on any atom is 0.315 e. The van der Waals surface area contributed by atoms with E-state index in [0.717, 1.165) is 18.8 Å². The number of carbonyl (C=O) groups excluding carboxylic acids is 1. The molecule has 3 heteroatoms. The Bertz CT molecular complexity index is 180. The SMILES string of the molecule is CC1CCC(NC(=O)NC(C)C)C1. The standard InChI is InChI=1S/C10H20N2O/c1-7(2)11-10(13)12-9-5-4-8(3)6-9/h7-9H,4-6H2,1-3H3,(H2,11,12,13). The third-order valence-electron chi connectivity index (χ3n) is 2.45. The molecule has 3 nitrogen and oxygen atoms in total. The lowest BCUT2D eigenvalue weighted by Crippen LogP contribution is -2.43. The first kappa shape index (κ1) is 10.4. The molecule has 1 rings (SSSR count). The lowest BCUT2D eigenvalue weighted by Gasteiger charge is -2.14. The van der Waals surface area contributed by atoms with Gasteiger partial charge in [-0.25, -0.2) is 4.79 Å². The molecule has 0 saturated heterocycles. The van der Waals surface area contributed by atoms with Gasteiger partial charge in [-0.2, -0.15) is 0 Å². The Morgan fingerprint density at radius 3 is 2.54 bits per heavy atom. The Morgan fingerprint density at radius 1 is 1.38 bits per heavy atom. The molecule has 13 heavy (non-hydrogen) atoms. The predicted octanol–water partition coefficient (Wildman–Crippen LogP) is 1.88. The number of carbonyl (C=O) groups is 1. The van der Waals surface area contributed by atoms with Crippen molar-refractivity contribution in [2.24, 2.45) is 5.92 Å². The number of nitrogens with one attached hydrogen (secondary N) is 2. The van der Waals surface area contributed by atoms with Crippen LogP contribution in [0.15, 0.2) is 0 Å². The Hall–Kier alpha value is -0.730. The van der Waals surface area contributed by atoms with Crippen LogP contribution in [0, 0.1) is 5.92 Å². The van der Waals surface area contributed by atoms with E-state index in [2.05, 4.69) is 17.6 Å². The van der Waals surface area contributed by atoms with Crippen LogP contribution in [0.4, 0.5) is 4.79 Å². The van der Waals surface area contributed by atoms with Crippen LogP contribution in [0.2, 0.25) is 0 Å². The minimum atomic E-state index is -0.0194. The predicted molar refractivity (Wildman–Crippen MR) is 53.6 cm³/mol. The fourth-order valence-electron chi connectivity index (χ4n) is 1.83. The summed E-state index contributed by atoms with van der Waals surface area (Å²) >= 11 is 0. The van der Waals surface area contributed by atoms with Crippen molar-refractivity contribution in [2.75, 3.05) is 0 Å². The van der Waals surface area contributed by atoms with Crippen molar-refractivity contribution in [3.05, 3.63) is 0 Å². The van der Waals surface area contributed by atoms with Crippen LogP contribution in [-0.4, -0.2) is 18.1 Å². The maximum atomic E-state index is 11.3. The summed E-state index contributed by atoms with van der Waals surface area (Å²) in [6.07, 6.45) is 3.50. The van der Waals surface area contributed by atoms with Gasteiger partial charge in [0.1, 0.15) is 0 Å². The second kappa shape index (κ2) is 4.49. The molecule has 0 spiro atoms. The number of hydrogen-bond donors (Lipinski definition) is 2. The molecule has 0 bridgehead atoms. The summed E-state index contributed by atoms with van der Waals surface area (Å²) < 4.78 is 0. The number of hydrogen-bond acceptors (Lipinski definition) is 1. The van der Waals surface area contributed by atoms with Crippen molar-refractivity contribution in [3.8, 4) is 0 Å². The van der Waals surface area contributed by atoms with E-state index in [4.69, 9.17) is 0 Å². The first-order chi connectivity index (χ1) is 6.08. The van der Waals surface area contributed by atoms with Crippen molar-refractivity contribution in [1.29, 1.82) is 0 Å². The molecule has 1 aliphatic carbocycles. The van der Waals surface area contributed by atoms with E-state index >= 15 is 0 Å². The highest BCUT2D eigenvalue weighted by Crippen LogP contribution is 2.24. The normalized spacial score (nSPS) is 27.7. The average molecular weight is 184 g/mol. The highest BCUT2D eigenvalue weighted by Gasteiger charge is 2.22. The van der Waals surface area contributed by atoms with Gasteiger partial charge in [0, 0.05) is 12.1 Å². The summed E-state index contributed by atoms with van der Waals surface area (Å²) in [6.45, 7) is 6.18. The zero-order valence-electron chi connectivity index (χ0n) is 8.76. The molecule has 2 amide bonds. The molecule has 0 heterocycles. The molecule has 2 N–H and O–H groups in total. The topological polar surface area (TPSA) is 41.1 Å². The molecular weight excluding hydrogens is 164 g/mol. The van der Waals surface area contributed by atoms with Crippen molar-refractivity contribution < 1.29 is 4.79 Å². The Labute approximate surface area is 80.3 Å². The molecule has 0 radical (unpaired) electrons. The van der Waals surface area contributed by atoms with Gasteiger partial charge in [-0.1, -0.05) is 6.92 Å². The second-order valence-corrected chi connectivity index (χ2v) is 4.39. The Morgan fingerprint density at radius 2 is 2.08 bits per heavy atom. The van der Waals surface area contributed by atoms with Gasteiger partial charge in [-0.05, 0) is 39.0 Å². The van der Waals surface area contributed by atoms with E-state index < -0.39 is 0 Å². The molecule has 2 unspecified atom stereocenters. The molecule has 1 aliphatic rings. The van der Waals surface area contributed by atoms with E-state index in [1.54, 1.807) is 0 Å². The largest absolute Gasteiger partial charge is 0.336 e. The van der Waals surface area contributed by atoms with Gasteiger partial charge < -0.3 is 10.6 Å². The molecule has 0 aliphatic heterocycles. The minimum absolute atomic E-state index is 0.0194. The first-order valence-corrected chi connectivity index (χ1v) is 5.15. The van der Waals surface area contributed by atoms with Crippen LogP contribution in [0.1, 0.15) is 40.0 Å². The molecule has 2 atom stereocenters. The molecule has 76 valence electrons.